The summed E-state index contributed by atoms with van der Waals surface area (Å²) in [6.07, 6.45) is 1.67. The molecule has 3 atom stereocenters. The van der Waals surface area contributed by atoms with Crippen molar-refractivity contribution < 1.29 is 27.5 Å². The van der Waals surface area contributed by atoms with Crippen molar-refractivity contribution in [1.82, 2.24) is 0 Å². The summed E-state index contributed by atoms with van der Waals surface area (Å²) >= 11 is 0. The zero-order valence-electron chi connectivity index (χ0n) is 18.9. The van der Waals surface area contributed by atoms with E-state index in [1.165, 1.54) is 0 Å². The first kappa shape index (κ1) is 24.6. The summed E-state index contributed by atoms with van der Waals surface area (Å²) in [5.74, 6) is 1.40. The second kappa shape index (κ2) is 11.7. The van der Waals surface area contributed by atoms with E-state index in [0.29, 0.717) is 30.8 Å². The topological polar surface area (TPSA) is 91.9 Å². The number of hydrogen-bond donors (Lipinski definition) is 0. The van der Waals surface area contributed by atoms with Gasteiger partial charge in [0.25, 0.3) is 0 Å². The van der Waals surface area contributed by atoms with E-state index >= 15 is 0 Å². The maximum absolute atomic E-state index is 13.4. The Morgan fingerprint density at radius 1 is 0.967 bits per heavy atom. The predicted molar refractivity (Wildman–Crippen MR) is 118 cm³/mol. The zero-order valence-corrected chi connectivity index (χ0v) is 19.8. The average molecular weight is 442 g/mol. The van der Waals surface area contributed by atoms with Crippen molar-refractivity contribution in [3.05, 3.63) is 24.2 Å². The predicted octanol–water partition coefficient (Wildman–Crippen LogP) is 4.91. The van der Waals surface area contributed by atoms with Crippen LogP contribution in [0.25, 0.3) is 0 Å². The molecule has 2 heterocycles. The smallest absolute Gasteiger partial charge is 0.331 e. The Balaban J connectivity index is 2.51. The van der Waals surface area contributed by atoms with Crippen LogP contribution in [-0.2, 0) is 23.1 Å². The van der Waals surface area contributed by atoms with Gasteiger partial charge in [0.1, 0.15) is 17.8 Å². The maximum atomic E-state index is 13.4. The van der Waals surface area contributed by atoms with Crippen LogP contribution in [0.15, 0.2) is 32.8 Å². The molecule has 170 valence electrons. The van der Waals surface area contributed by atoms with Gasteiger partial charge in [0, 0.05) is 0 Å². The molecule has 0 saturated heterocycles. The number of ether oxygens (including phenoxy) is 2. The minimum atomic E-state index is -3.38. The SMILES string of the molecule is CCOC1=N[C@H]([C@@H](CP(=O)(OCC)OCC)c2ccco2)C(OCC)=N[C@H]1C(C)C. The lowest BCUT2D eigenvalue weighted by Gasteiger charge is -2.32. The van der Waals surface area contributed by atoms with Crippen LogP contribution in [0.2, 0.25) is 0 Å². The lowest BCUT2D eigenvalue weighted by atomic mass is 9.96. The lowest BCUT2D eigenvalue weighted by molar-refractivity contribution is 0.215. The third kappa shape index (κ3) is 6.19. The molecule has 0 unspecified atom stereocenters. The van der Waals surface area contributed by atoms with Crippen LogP contribution in [0, 0.1) is 5.92 Å². The molecule has 0 spiro atoms. The molecule has 2 rings (SSSR count). The van der Waals surface area contributed by atoms with E-state index in [1.54, 1.807) is 26.2 Å². The molecule has 1 aromatic heterocycles. The zero-order chi connectivity index (χ0) is 22.1. The van der Waals surface area contributed by atoms with Gasteiger partial charge >= 0.3 is 7.60 Å². The van der Waals surface area contributed by atoms with Gasteiger partial charge in [0.2, 0.25) is 11.8 Å². The molecule has 1 aromatic rings. The van der Waals surface area contributed by atoms with E-state index in [1.807, 2.05) is 19.9 Å². The summed E-state index contributed by atoms with van der Waals surface area (Å²) in [7, 11) is -3.38. The highest BCUT2D eigenvalue weighted by molar-refractivity contribution is 7.53. The molecular weight excluding hydrogens is 407 g/mol. The van der Waals surface area contributed by atoms with Crippen LogP contribution in [0.3, 0.4) is 0 Å². The minimum absolute atomic E-state index is 0.0915. The second-order valence-electron chi connectivity index (χ2n) is 7.19. The van der Waals surface area contributed by atoms with Gasteiger partial charge in [-0.05, 0) is 45.7 Å². The largest absolute Gasteiger partial charge is 0.480 e. The minimum Gasteiger partial charge on any atom is -0.480 e. The molecule has 1 aliphatic rings. The highest BCUT2D eigenvalue weighted by Gasteiger charge is 2.42. The van der Waals surface area contributed by atoms with Crippen LogP contribution < -0.4 is 0 Å². The second-order valence-corrected chi connectivity index (χ2v) is 9.29. The van der Waals surface area contributed by atoms with Crippen molar-refractivity contribution in [1.29, 1.82) is 0 Å². The van der Waals surface area contributed by atoms with Crippen LogP contribution in [-0.4, -0.2) is 56.5 Å². The summed E-state index contributed by atoms with van der Waals surface area (Å²) in [5, 5.41) is 0. The highest BCUT2D eigenvalue weighted by Crippen LogP contribution is 2.52. The summed E-state index contributed by atoms with van der Waals surface area (Å²) in [6.45, 7) is 13.0. The molecule has 0 radical (unpaired) electrons. The molecule has 0 N–H and O–H groups in total. The molecule has 0 amide bonds. The van der Waals surface area contributed by atoms with Gasteiger partial charge in [-0.3, -0.25) is 4.57 Å². The van der Waals surface area contributed by atoms with E-state index in [4.69, 9.17) is 32.9 Å². The number of rotatable bonds is 11. The van der Waals surface area contributed by atoms with Crippen molar-refractivity contribution >= 4 is 19.4 Å². The standard InChI is InChI=1S/C21H35N2O6P/c1-7-25-20-18(15(5)6)22-21(26-8-2)19(23-20)16(17-12-11-13-27-17)14-30(24,28-9-3)29-10-4/h11-13,15-16,18-19H,7-10,14H2,1-6H3/t16-,18-,19+/m0/s1. The van der Waals surface area contributed by atoms with Gasteiger partial charge in [-0.1, -0.05) is 13.8 Å². The molecular formula is C21H35N2O6P. The summed E-state index contributed by atoms with van der Waals surface area (Å²) in [4.78, 5) is 9.71. The molecule has 0 fully saturated rings. The van der Waals surface area contributed by atoms with Gasteiger partial charge in [0.05, 0.1) is 44.8 Å². The maximum Gasteiger partial charge on any atom is 0.331 e. The van der Waals surface area contributed by atoms with Crippen LogP contribution in [0.4, 0.5) is 0 Å². The van der Waals surface area contributed by atoms with E-state index in [-0.39, 0.29) is 31.3 Å². The quantitative estimate of drug-likeness (QED) is 0.452. The van der Waals surface area contributed by atoms with Gasteiger partial charge < -0.3 is 22.9 Å². The van der Waals surface area contributed by atoms with Gasteiger partial charge in [-0.25, -0.2) is 9.98 Å². The number of nitrogens with zero attached hydrogens (tertiary/aromatic N) is 2. The number of aliphatic imine (C=N–C) groups is 2. The van der Waals surface area contributed by atoms with Crippen molar-refractivity contribution in [2.45, 2.75) is 59.5 Å². The lowest BCUT2D eigenvalue weighted by Crippen LogP contribution is -2.41. The summed E-state index contributed by atoms with van der Waals surface area (Å²) in [6, 6.07) is 2.84. The first-order valence-electron chi connectivity index (χ1n) is 10.7. The van der Waals surface area contributed by atoms with Crippen molar-refractivity contribution in [3.8, 4) is 0 Å². The van der Waals surface area contributed by atoms with Gasteiger partial charge in [-0.15, -0.1) is 0 Å². The fourth-order valence-electron chi connectivity index (χ4n) is 3.40. The molecule has 30 heavy (non-hydrogen) atoms. The van der Waals surface area contributed by atoms with Crippen LogP contribution >= 0.6 is 7.60 Å². The molecule has 0 aromatic carbocycles. The van der Waals surface area contributed by atoms with E-state index in [0.717, 1.165) is 0 Å². The molecule has 9 heteroatoms. The average Bonchev–Trinajstić information content (AvgIpc) is 3.22. The highest BCUT2D eigenvalue weighted by atomic mass is 31.2. The third-order valence-electron chi connectivity index (χ3n) is 4.62. The van der Waals surface area contributed by atoms with E-state index in [2.05, 4.69) is 13.8 Å². The van der Waals surface area contributed by atoms with Crippen LogP contribution in [0.5, 0.6) is 0 Å². The Morgan fingerprint density at radius 3 is 2.00 bits per heavy atom. The molecule has 8 nitrogen and oxygen atoms in total. The molecule has 0 saturated carbocycles. The van der Waals surface area contributed by atoms with E-state index in [9.17, 15) is 4.57 Å². The van der Waals surface area contributed by atoms with Crippen molar-refractivity contribution in [2.75, 3.05) is 32.6 Å². The Morgan fingerprint density at radius 2 is 1.53 bits per heavy atom. The fourth-order valence-corrected chi connectivity index (χ4v) is 5.33. The van der Waals surface area contributed by atoms with E-state index < -0.39 is 19.6 Å². The van der Waals surface area contributed by atoms with Crippen molar-refractivity contribution in [2.24, 2.45) is 15.9 Å². The van der Waals surface area contributed by atoms with Gasteiger partial charge in [-0.2, -0.15) is 0 Å². The van der Waals surface area contributed by atoms with Crippen LogP contribution in [0.1, 0.15) is 53.2 Å². The van der Waals surface area contributed by atoms with Crippen molar-refractivity contribution in [3.63, 3.8) is 0 Å². The molecule has 1 aliphatic heterocycles. The monoisotopic (exact) mass is 442 g/mol. The fraction of sp³-hybridized carbons (Fsp3) is 0.714. The Labute approximate surface area is 179 Å². The third-order valence-corrected chi connectivity index (χ3v) is 6.76. The number of hydrogen-bond acceptors (Lipinski definition) is 8. The van der Waals surface area contributed by atoms with Gasteiger partial charge in [0.15, 0.2) is 0 Å². The Hall–Kier alpha value is -1.63. The first-order chi connectivity index (χ1) is 14.4. The summed E-state index contributed by atoms with van der Waals surface area (Å²) < 4.78 is 41.9. The first-order valence-corrected chi connectivity index (χ1v) is 12.4. The molecule has 0 aliphatic carbocycles. The Bertz CT molecular complexity index is 737. The normalized spacial score (nSPS) is 20.6. The Kier molecular flexibility index (Phi) is 9.59. The number of furan rings is 1. The summed E-state index contributed by atoms with van der Waals surface area (Å²) in [5.41, 5.74) is 0. The molecule has 0 bridgehead atoms.